The highest BCUT2D eigenvalue weighted by molar-refractivity contribution is 6.01. The van der Waals surface area contributed by atoms with Crippen LogP contribution in [0.25, 0.3) is 6.08 Å². The summed E-state index contributed by atoms with van der Waals surface area (Å²) in [5.74, 6) is 1.91. The van der Waals surface area contributed by atoms with Gasteiger partial charge in [-0.2, -0.15) is 0 Å². The van der Waals surface area contributed by atoms with E-state index in [1.165, 1.54) is 32.6 Å². The van der Waals surface area contributed by atoms with Gasteiger partial charge in [-0.3, -0.25) is 9.59 Å². The Morgan fingerprint density at radius 3 is 2.47 bits per heavy atom. The fraction of sp³-hybridized carbons (Fsp3) is 0.429. The number of nitrogens with zero attached hydrogens (tertiary/aromatic N) is 1. The Morgan fingerprint density at radius 1 is 1.06 bits per heavy atom. The topological polar surface area (TPSA) is 67.9 Å². The first kappa shape index (κ1) is 24.0. The number of para-hydroxylation sites is 2. The average molecular weight is 463 g/mol. The highest BCUT2D eigenvalue weighted by atomic mass is 16.5. The van der Waals surface area contributed by atoms with E-state index >= 15 is 0 Å². The van der Waals surface area contributed by atoms with E-state index in [-0.39, 0.29) is 11.7 Å². The first-order chi connectivity index (χ1) is 16.6. The summed E-state index contributed by atoms with van der Waals surface area (Å²) in [7, 11) is 0. The molecule has 1 saturated carbocycles. The molecule has 0 bridgehead atoms. The summed E-state index contributed by atoms with van der Waals surface area (Å²) in [5, 5.41) is 2.81. The number of benzene rings is 2. The molecule has 0 atom stereocenters. The Kier molecular flexibility index (Phi) is 8.36. The second kappa shape index (κ2) is 11.8. The zero-order valence-electron chi connectivity index (χ0n) is 19.9. The van der Waals surface area contributed by atoms with Crippen LogP contribution in [0.2, 0.25) is 0 Å². The third-order valence-electron chi connectivity index (χ3n) is 6.54. The normalized spacial score (nSPS) is 17.0. The fourth-order valence-corrected chi connectivity index (χ4v) is 4.61. The van der Waals surface area contributed by atoms with Crippen molar-refractivity contribution >= 4 is 23.5 Å². The molecule has 0 unspecified atom stereocenters. The summed E-state index contributed by atoms with van der Waals surface area (Å²) in [6.07, 6.45) is 8.05. The molecule has 34 heavy (non-hydrogen) atoms. The van der Waals surface area contributed by atoms with Gasteiger partial charge in [-0.1, -0.05) is 49.9 Å². The molecule has 1 aliphatic heterocycles. The maximum atomic E-state index is 12.4. The van der Waals surface area contributed by atoms with Crippen molar-refractivity contribution in [1.29, 1.82) is 0 Å². The van der Waals surface area contributed by atoms with Crippen LogP contribution in [0.5, 0.6) is 11.5 Å². The van der Waals surface area contributed by atoms with Crippen LogP contribution in [0.15, 0.2) is 54.2 Å². The maximum Gasteiger partial charge on any atom is 0.224 e. The molecule has 2 aromatic carbocycles. The Balaban J connectivity index is 1.39. The lowest BCUT2D eigenvalue weighted by Gasteiger charge is -2.30. The Morgan fingerprint density at radius 2 is 1.76 bits per heavy atom. The SMILES string of the molecule is CC(=O)/C(=C/c1ccc(Oc2ccccc2N2CCOCC2)cc1)NC(=O)CCC1CCCC1. The third-order valence-corrected chi connectivity index (χ3v) is 6.54. The number of allylic oxidation sites excluding steroid dienone is 1. The molecule has 1 aliphatic carbocycles. The van der Waals surface area contributed by atoms with Crippen LogP contribution in [-0.2, 0) is 14.3 Å². The van der Waals surface area contributed by atoms with E-state index in [4.69, 9.17) is 9.47 Å². The maximum absolute atomic E-state index is 12.4. The van der Waals surface area contributed by atoms with Crippen molar-refractivity contribution in [3.05, 3.63) is 59.8 Å². The fourth-order valence-electron chi connectivity index (χ4n) is 4.61. The van der Waals surface area contributed by atoms with E-state index in [1.54, 1.807) is 6.08 Å². The lowest BCUT2D eigenvalue weighted by atomic mass is 10.0. The summed E-state index contributed by atoms with van der Waals surface area (Å²) in [6, 6.07) is 15.5. The molecule has 1 amide bonds. The van der Waals surface area contributed by atoms with Crippen molar-refractivity contribution in [3.63, 3.8) is 0 Å². The minimum Gasteiger partial charge on any atom is -0.455 e. The number of hydrogen-bond donors (Lipinski definition) is 1. The van der Waals surface area contributed by atoms with Gasteiger partial charge in [0, 0.05) is 26.4 Å². The zero-order chi connectivity index (χ0) is 23.8. The molecule has 1 heterocycles. The molecule has 2 fully saturated rings. The van der Waals surface area contributed by atoms with Gasteiger partial charge in [0.05, 0.1) is 24.6 Å². The van der Waals surface area contributed by atoms with Crippen LogP contribution in [-0.4, -0.2) is 38.0 Å². The number of hydrogen-bond acceptors (Lipinski definition) is 5. The molecule has 1 N–H and O–H groups in total. The number of carbonyl (C=O) groups excluding carboxylic acids is 2. The second-order valence-electron chi connectivity index (χ2n) is 9.09. The smallest absolute Gasteiger partial charge is 0.224 e. The number of morpholine rings is 1. The van der Waals surface area contributed by atoms with Crippen molar-refractivity contribution < 1.29 is 19.1 Å². The molecule has 6 nitrogen and oxygen atoms in total. The zero-order valence-corrected chi connectivity index (χ0v) is 19.9. The highest BCUT2D eigenvalue weighted by Crippen LogP contribution is 2.33. The van der Waals surface area contributed by atoms with E-state index in [0.29, 0.717) is 37.0 Å². The van der Waals surface area contributed by atoms with E-state index in [9.17, 15) is 9.59 Å². The van der Waals surface area contributed by atoms with Gasteiger partial charge in [-0.15, -0.1) is 0 Å². The van der Waals surface area contributed by atoms with Gasteiger partial charge in [-0.25, -0.2) is 0 Å². The monoisotopic (exact) mass is 462 g/mol. The molecule has 4 rings (SSSR count). The molecule has 1 saturated heterocycles. The molecule has 6 heteroatoms. The molecule has 180 valence electrons. The molecular weight excluding hydrogens is 428 g/mol. The Hall–Kier alpha value is -3.12. The molecular formula is C28H34N2O4. The number of nitrogens with one attached hydrogen (secondary N) is 1. The van der Waals surface area contributed by atoms with Crippen molar-refractivity contribution in [1.82, 2.24) is 5.32 Å². The highest BCUT2D eigenvalue weighted by Gasteiger charge is 2.18. The number of carbonyl (C=O) groups is 2. The summed E-state index contributed by atoms with van der Waals surface area (Å²) in [6.45, 7) is 4.58. The molecule has 0 radical (unpaired) electrons. The third kappa shape index (κ3) is 6.70. The van der Waals surface area contributed by atoms with Gasteiger partial charge in [0.15, 0.2) is 11.5 Å². The molecule has 0 aromatic heterocycles. The molecule has 2 aliphatic rings. The van der Waals surface area contributed by atoms with E-state index in [2.05, 4.69) is 16.3 Å². The minimum atomic E-state index is -0.158. The lowest BCUT2D eigenvalue weighted by molar-refractivity contribution is -0.122. The Labute approximate surface area is 201 Å². The first-order valence-electron chi connectivity index (χ1n) is 12.3. The van der Waals surface area contributed by atoms with Crippen LogP contribution >= 0.6 is 0 Å². The van der Waals surface area contributed by atoms with Crippen molar-refractivity contribution in [2.45, 2.75) is 45.4 Å². The standard InChI is InChI=1S/C28H34N2O4/c1-21(31)25(29-28(32)15-12-22-6-2-3-7-22)20-23-10-13-24(14-11-23)34-27-9-5-4-8-26(27)30-16-18-33-19-17-30/h4-5,8-11,13-14,20,22H,2-3,6-7,12,15-19H2,1H3,(H,29,32)/b25-20-. The minimum absolute atomic E-state index is 0.0898. The van der Waals surface area contributed by atoms with Gasteiger partial charge in [0.1, 0.15) is 5.75 Å². The van der Waals surface area contributed by atoms with Gasteiger partial charge < -0.3 is 19.7 Å². The van der Waals surface area contributed by atoms with Crippen LogP contribution in [0.1, 0.15) is 51.0 Å². The molecule has 0 spiro atoms. The van der Waals surface area contributed by atoms with Crippen LogP contribution in [0.4, 0.5) is 5.69 Å². The van der Waals surface area contributed by atoms with Crippen molar-refractivity contribution in [2.24, 2.45) is 5.92 Å². The number of ketones is 1. The summed E-state index contributed by atoms with van der Waals surface area (Å²) in [5.41, 5.74) is 2.20. The van der Waals surface area contributed by atoms with Crippen LogP contribution in [0.3, 0.4) is 0 Å². The largest absolute Gasteiger partial charge is 0.455 e. The van der Waals surface area contributed by atoms with E-state index < -0.39 is 0 Å². The lowest BCUT2D eigenvalue weighted by Crippen LogP contribution is -2.36. The summed E-state index contributed by atoms with van der Waals surface area (Å²) in [4.78, 5) is 26.8. The first-order valence-corrected chi connectivity index (χ1v) is 12.3. The van der Waals surface area contributed by atoms with Crippen molar-refractivity contribution in [3.8, 4) is 11.5 Å². The van der Waals surface area contributed by atoms with Gasteiger partial charge >= 0.3 is 0 Å². The second-order valence-corrected chi connectivity index (χ2v) is 9.09. The molecule has 2 aromatic rings. The number of rotatable bonds is 9. The van der Waals surface area contributed by atoms with Crippen LogP contribution in [0, 0.1) is 5.92 Å². The number of ether oxygens (including phenoxy) is 2. The van der Waals surface area contributed by atoms with E-state index in [0.717, 1.165) is 36.5 Å². The predicted molar refractivity (Wildman–Crippen MR) is 134 cm³/mol. The van der Waals surface area contributed by atoms with Crippen LogP contribution < -0.4 is 15.0 Å². The number of anilines is 1. The quantitative estimate of drug-likeness (QED) is 0.510. The van der Waals surface area contributed by atoms with Crippen molar-refractivity contribution in [2.75, 3.05) is 31.2 Å². The van der Waals surface area contributed by atoms with Gasteiger partial charge in [0.2, 0.25) is 5.91 Å². The van der Waals surface area contributed by atoms with E-state index in [1.807, 2.05) is 42.5 Å². The number of Topliss-reactive ketones (excluding diaryl/α,β-unsaturated/α-hetero) is 1. The Bertz CT molecular complexity index is 1000. The average Bonchev–Trinajstić information content (AvgIpc) is 3.38. The summed E-state index contributed by atoms with van der Waals surface area (Å²) >= 11 is 0. The number of amides is 1. The van der Waals surface area contributed by atoms with Gasteiger partial charge in [-0.05, 0) is 48.2 Å². The van der Waals surface area contributed by atoms with Gasteiger partial charge in [0.25, 0.3) is 0 Å². The predicted octanol–water partition coefficient (Wildman–Crippen LogP) is 5.33. The summed E-state index contributed by atoms with van der Waals surface area (Å²) < 4.78 is 11.6.